The number of alkyl carbamates (subject to hydrolysis) is 1. The number of likely N-dealkylation sites (tertiary alicyclic amines) is 1. The van der Waals surface area contributed by atoms with Crippen LogP contribution in [0.4, 0.5) is 4.79 Å². The third-order valence-electron chi connectivity index (χ3n) is 4.20. The molecular formula is C20H34N2O8. The first-order valence-corrected chi connectivity index (χ1v) is 9.90. The van der Waals surface area contributed by atoms with Crippen molar-refractivity contribution in [2.24, 2.45) is 0 Å². The highest BCUT2D eigenvalue weighted by atomic mass is 16.6. The van der Waals surface area contributed by atoms with Crippen molar-refractivity contribution in [3.8, 4) is 0 Å². The smallest absolute Gasteiger partial charge is 0.408 e. The lowest BCUT2D eigenvalue weighted by Gasteiger charge is -2.28. The van der Waals surface area contributed by atoms with E-state index in [1.165, 1.54) is 12.0 Å². The van der Waals surface area contributed by atoms with Gasteiger partial charge < -0.3 is 29.5 Å². The van der Waals surface area contributed by atoms with Gasteiger partial charge in [0.05, 0.1) is 18.8 Å². The summed E-state index contributed by atoms with van der Waals surface area (Å²) in [6.45, 7) is 10.6. The molecule has 0 radical (unpaired) electrons. The highest BCUT2D eigenvalue weighted by Gasteiger charge is 2.43. The number of hydrogen-bond acceptors (Lipinski definition) is 7. The number of aliphatic carboxylic acids is 1. The molecular weight excluding hydrogens is 396 g/mol. The van der Waals surface area contributed by atoms with Crippen LogP contribution in [0.1, 0.15) is 60.8 Å². The highest BCUT2D eigenvalue weighted by molar-refractivity contribution is 5.90. The van der Waals surface area contributed by atoms with Gasteiger partial charge in [-0.05, 0) is 48.0 Å². The Morgan fingerprint density at radius 1 is 1.10 bits per heavy atom. The molecule has 10 nitrogen and oxygen atoms in total. The van der Waals surface area contributed by atoms with E-state index in [0.717, 1.165) is 0 Å². The number of nitrogens with zero attached hydrogens (tertiary/aromatic N) is 1. The lowest BCUT2D eigenvalue weighted by Crippen LogP contribution is -2.52. The molecule has 1 fully saturated rings. The van der Waals surface area contributed by atoms with Gasteiger partial charge in [0.15, 0.2) is 0 Å². The first-order chi connectivity index (χ1) is 13.6. The van der Waals surface area contributed by atoms with Gasteiger partial charge in [-0.15, -0.1) is 0 Å². The zero-order chi connectivity index (χ0) is 23.3. The van der Waals surface area contributed by atoms with Crippen LogP contribution in [0.3, 0.4) is 0 Å². The molecule has 0 unspecified atom stereocenters. The second kappa shape index (κ2) is 10.1. The maximum atomic E-state index is 13.2. The van der Waals surface area contributed by atoms with Gasteiger partial charge in [-0.2, -0.15) is 0 Å². The van der Waals surface area contributed by atoms with Crippen LogP contribution in [0.15, 0.2) is 0 Å². The van der Waals surface area contributed by atoms with Crippen molar-refractivity contribution in [3.63, 3.8) is 0 Å². The molecule has 0 spiro atoms. The molecule has 0 aromatic carbocycles. The van der Waals surface area contributed by atoms with E-state index in [1.807, 2.05) is 20.8 Å². The third-order valence-corrected chi connectivity index (χ3v) is 4.20. The molecule has 2 N–H and O–H groups in total. The summed E-state index contributed by atoms with van der Waals surface area (Å²) < 4.78 is 15.7. The van der Waals surface area contributed by atoms with Gasteiger partial charge in [0.1, 0.15) is 17.7 Å². The predicted octanol–water partition coefficient (Wildman–Crippen LogP) is 1.70. The summed E-state index contributed by atoms with van der Waals surface area (Å²) >= 11 is 0. The third kappa shape index (κ3) is 8.56. The first-order valence-electron chi connectivity index (χ1n) is 9.90. The van der Waals surface area contributed by atoms with Crippen LogP contribution in [0.25, 0.3) is 0 Å². The molecule has 1 aliphatic rings. The number of carboxylic acids is 1. The molecule has 0 aromatic rings. The van der Waals surface area contributed by atoms with Crippen molar-refractivity contribution in [1.82, 2.24) is 10.2 Å². The van der Waals surface area contributed by atoms with Gasteiger partial charge in [0.2, 0.25) is 5.91 Å². The fourth-order valence-corrected chi connectivity index (χ4v) is 3.13. The fourth-order valence-electron chi connectivity index (χ4n) is 3.13. The van der Waals surface area contributed by atoms with Crippen molar-refractivity contribution in [2.45, 2.75) is 90.2 Å². The molecule has 1 saturated heterocycles. The molecule has 1 rings (SSSR count). The molecule has 30 heavy (non-hydrogen) atoms. The van der Waals surface area contributed by atoms with Gasteiger partial charge in [-0.1, -0.05) is 0 Å². The average molecular weight is 430 g/mol. The number of carbonyl (C=O) groups excluding carboxylic acids is 3. The van der Waals surface area contributed by atoms with Gasteiger partial charge in [-0.3, -0.25) is 9.59 Å². The van der Waals surface area contributed by atoms with E-state index in [4.69, 9.17) is 9.47 Å². The van der Waals surface area contributed by atoms with E-state index in [0.29, 0.717) is 0 Å². The Kier molecular flexibility index (Phi) is 8.64. The Bertz CT molecular complexity index is 650. The molecule has 0 bridgehead atoms. The topological polar surface area (TPSA) is 131 Å². The SMILES string of the molecule is COC(=O)CC[C@H](NC(=O)OC(C)(C)C)C(=O)N1C[C@H](OC(C)(C)C)C[C@H]1C(=O)O. The second-order valence-corrected chi connectivity index (χ2v) is 9.25. The largest absolute Gasteiger partial charge is 0.480 e. The van der Waals surface area contributed by atoms with Crippen molar-refractivity contribution < 1.29 is 38.5 Å². The quantitative estimate of drug-likeness (QED) is 0.584. The minimum Gasteiger partial charge on any atom is -0.480 e. The molecule has 3 atom stereocenters. The van der Waals surface area contributed by atoms with E-state index < -0.39 is 53.3 Å². The summed E-state index contributed by atoms with van der Waals surface area (Å²) in [5.74, 6) is -2.33. The average Bonchev–Trinajstić information content (AvgIpc) is 2.98. The lowest BCUT2D eigenvalue weighted by atomic mass is 10.1. The van der Waals surface area contributed by atoms with Crippen LogP contribution in [0, 0.1) is 0 Å². The zero-order valence-corrected chi connectivity index (χ0v) is 18.8. The van der Waals surface area contributed by atoms with Gasteiger partial charge in [0, 0.05) is 19.4 Å². The minimum atomic E-state index is -1.16. The number of ether oxygens (including phenoxy) is 3. The molecule has 1 heterocycles. The molecule has 0 aliphatic carbocycles. The monoisotopic (exact) mass is 430 g/mol. The number of amides is 2. The maximum absolute atomic E-state index is 13.2. The second-order valence-electron chi connectivity index (χ2n) is 9.25. The summed E-state index contributed by atoms with van der Waals surface area (Å²) in [5.41, 5.74) is -1.30. The number of nitrogens with one attached hydrogen (secondary N) is 1. The normalized spacial score (nSPS) is 20.4. The van der Waals surface area contributed by atoms with Crippen LogP contribution in [-0.2, 0) is 28.6 Å². The van der Waals surface area contributed by atoms with Crippen molar-refractivity contribution in [2.75, 3.05) is 13.7 Å². The summed E-state index contributed by atoms with van der Waals surface area (Å²) in [5, 5.41) is 12.0. The number of rotatable bonds is 7. The highest BCUT2D eigenvalue weighted by Crippen LogP contribution is 2.26. The Morgan fingerprint density at radius 3 is 2.17 bits per heavy atom. The molecule has 172 valence electrons. The van der Waals surface area contributed by atoms with Crippen LogP contribution in [0.5, 0.6) is 0 Å². The van der Waals surface area contributed by atoms with Gasteiger partial charge >= 0.3 is 18.0 Å². The Labute approximate surface area is 177 Å². The van der Waals surface area contributed by atoms with E-state index in [-0.39, 0.29) is 25.8 Å². The number of carbonyl (C=O) groups is 4. The van der Waals surface area contributed by atoms with E-state index in [9.17, 15) is 24.3 Å². The van der Waals surface area contributed by atoms with E-state index >= 15 is 0 Å². The lowest BCUT2D eigenvalue weighted by molar-refractivity contribution is -0.149. The molecule has 0 aromatic heterocycles. The standard InChI is InChI=1S/C20H34N2O8/c1-19(2,3)29-12-10-14(17(25)26)22(11-12)16(24)13(8-9-15(23)28-7)21-18(27)30-20(4,5)6/h12-14H,8-11H2,1-7H3,(H,21,27)(H,25,26)/t12-,13+,14+/m1/s1. The number of carboxylic acid groups (broad SMARTS) is 1. The minimum absolute atomic E-state index is 0.0572. The number of hydrogen-bond donors (Lipinski definition) is 2. The Hall–Kier alpha value is -2.36. The van der Waals surface area contributed by atoms with Crippen LogP contribution in [0.2, 0.25) is 0 Å². The predicted molar refractivity (Wildman–Crippen MR) is 107 cm³/mol. The van der Waals surface area contributed by atoms with Crippen LogP contribution < -0.4 is 5.32 Å². The van der Waals surface area contributed by atoms with Crippen molar-refractivity contribution >= 4 is 23.9 Å². The summed E-state index contributed by atoms with van der Waals surface area (Å²) in [6.07, 6.45) is -1.35. The van der Waals surface area contributed by atoms with Crippen LogP contribution >= 0.6 is 0 Å². The Balaban J connectivity index is 3.01. The summed E-state index contributed by atoms with van der Waals surface area (Å²) in [6, 6.07) is -2.24. The molecule has 0 saturated carbocycles. The number of esters is 1. The number of methoxy groups -OCH3 is 1. The maximum Gasteiger partial charge on any atom is 0.408 e. The van der Waals surface area contributed by atoms with Crippen molar-refractivity contribution in [1.29, 1.82) is 0 Å². The summed E-state index contributed by atoms with van der Waals surface area (Å²) in [7, 11) is 1.22. The molecule has 1 aliphatic heterocycles. The first kappa shape index (κ1) is 25.7. The van der Waals surface area contributed by atoms with Crippen molar-refractivity contribution in [3.05, 3.63) is 0 Å². The van der Waals surface area contributed by atoms with Gasteiger partial charge in [0.25, 0.3) is 0 Å². The van der Waals surface area contributed by atoms with E-state index in [1.54, 1.807) is 20.8 Å². The fraction of sp³-hybridized carbons (Fsp3) is 0.800. The molecule has 10 heteroatoms. The van der Waals surface area contributed by atoms with Crippen LogP contribution in [-0.4, -0.2) is 77.0 Å². The van der Waals surface area contributed by atoms with Gasteiger partial charge in [-0.25, -0.2) is 9.59 Å². The van der Waals surface area contributed by atoms with E-state index in [2.05, 4.69) is 10.1 Å². The zero-order valence-electron chi connectivity index (χ0n) is 18.8. The molecule has 2 amide bonds. The summed E-state index contributed by atoms with van der Waals surface area (Å²) in [4.78, 5) is 49.8. The Morgan fingerprint density at radius 2 is 1.70 bits per heavy atom.